The fraction of sp³-hybridized carbons (Fsp3) is 0.250. The molecule has 0 aliphatic heterocycles. The van der Waals surface area contributed by atoms with E-state index in [1.165, 1.54) is 0 Å². The minimum absolute atomic E-state index is 0.00139. The van der Waals surface area contributed by atoms with E-state index < -0.39 is 0 Å². The quantitative estimate of drug-likeness (QED) is 0.657. The highest BCUT2D eigenvalue weighted by Gasteiger charge is 2.13. The summed E-state index contributed by atoms with van der Waals surface area (Å²) in [6.45, 7) is 2.00. The van der Waals surface area contributed by atoms with Gasteiger partial charge in [-0.2, -0.15) is 0 Å². The van der Waals surface area contributed by atoms with Crippen molar-refractivity contribution < 1.29 is 0 Å². The molecule has 2 aromatic rings. The molecule has 1 unspecified atom stereocenters. The van der Waals surface area contributed by atoms with Crippen molar-refractivity contribution >= 4 is 38.9 Å². The van der Waals surface area contributed by atoms with Crippen molar-refractivity contribution in [1.82, 2.24) is 10.4 Å². The summed E-state index contributed by atoms with van der Waals surface area (Å²) in [6, 6.07) is 5.78. The second kappa shape index (κ2) is 6.12. The summed E-state index contributed by atoms with van der Waals surface area (Å²) in [7, 11) is 0. The monoisotopic (exact) mass is 345 g/mol. The Bertz CT molecular complexity index is 524. The van der Waals surface area contributed by atoms with Crippen LogP contribution in [0.3, 0.4) is 0 Å². The Kier molecular flexibility index (Phi) is 4.75. The van der Waals surface area contributed by atoms with Crippen molar-refractivity contribution in [3.63, 3.8) is 0 Å². The number of hydrazine groups is 1. The van der Waals surface area contributed by atoms with Crippen LogP contribution in [0.4, 0.5) is 0 Å². The zero-order valence-corrected chi connectivity index (χ0v) is 12.9. The Morgan fingerprint density at radius 2 is 2.28 bits per heavy atom. The molecule has 0 aliphatic carbocycles. The van der Waals surface area contributed by atoms with Gasteiger partial charge in [-0.1, -0.05) is 27.5 Å². The number of thiazole rings is 1. The summed E-state index contributed by atoms with van der Waals surface area (Å²) in [5.74, 6) is 5.63. The summed E-state index contributed by atoms with van der Waals surface area (Å²) >= 11 is 11.1. The van der Waals surface area contributed by atoms with Crippen LogP contribution < -0.4 is 11.3 Å². The summed E-state index contributed by atoms with van der Waals surface area (Å²) in [5, 5.41) is 3.81. The van der Waals surface area contributed by atoms with E-state index >= 15 is 0 Å². The molecule has 6 heteroatoms. The van der Waals surface area contributed by atoms with Gasteiger partial charge in [0.15, 0.2) is 0 Å². The van der Waals surface area contributed by atoms with Crippen molar-refractivity contribution in [2.45, 2.75) is 19.4 Å². The van der Waals surface area contributed by atoms with Gasteiger partial charge in [0.1, 0.15) is 0 Å². The number of aromatic nitrogens is 1. The first kappa shape index (κ1) is 14.0. The van der Waals surface area contributed by atoms with Crippen LogP contribution in [0, 0.1) is 6.92 Å². The van der Waals surface area contributed by atoms with Crippen LogP contribution in [0.25, 0.3) is 0 Å². The van der Waals surface area contributed by atoms with E-state index in [1.54, 1.807) is 11.3 Å². The molecule has 0 saturated heterocycles. The minimum Gasteiger partial charge on any atom is -0.271 e. The normalized spacial score (nSPS) is 12.7. The van der Waals surface area contributed by atoms with Crippen LogP contribution in [0.15, 0.2) is 28.1 Å². The van der Waals surface area contributed by atoms with Gasteiger partial charge in [0, 0.05) is 21.3 Å². The highest BCUT2D eigenvalue weighted by atomic mass is 79.9. The fourth-order valence-electron chi connectivity index (χ4n) is 1.76. The lowest BCUT2D eigenvalue weighted by atomic mass is 10.0. The molecule has 1 aromatic carbocycles. The van der Waals surface area contributed by atoms with Gasteiger partial charge in [0.2, 0.25) is 0 Å². The Morgan fingerprint density at radius 3 is 2.83 bits per heavy atom. The molecule has 1 atom stereocenters. The van der Waals surface area contributed by atoms with Crippen LogP contribution >= 0.6 is 38.9 Å². The zero-order valence-electron chi connectivity index (χ0n) is 9.78. The summed E-state index contributed by atoms with van der Waals surface area (Å²) in [4.78, 5) is 4.45. The first-order chi connectivity index (χ1) is 8.58. The van der Waals surface area contributed by atoms with E-state index in [0.717, 1.165) is 27.2 Å². The third-order valence-corrected chi connectivity index (χ3v) is 4.07. The predicted octanol–water partition coefficient (Wildman–Crippen LogP) is 3.61. The van der Waals surface area contributed by atoms with Crippen LogP contribution in [0.5, 0.6) is 0 Å². The molecule has 0 bridgehead atoms. The molecule has 0 saturated carbocycles. The number of nitrogens with zero attached hydrogens (tertiary/aromatic N) is 1. The molecule has 3 nitrogen and oxygen atoms in total. The molecule has 1 heterocycles. The van der Waals surface area contributed by atoms with Gasteiger partial charge >= 0.3 is 0 Å². The van der Waals surface area contributed by atoms with E-state index in [2.05, 4.69) is 31.7 Å². The molecule has 3 N–H and O–H groups in total. The number of benzene rings is 1. The molecule has 0 fully saturated rings. The zero-order chi connectivity index (χ0) is 13.1. The Morgan fingerprint density at radius 1 is 1.50 bits per heavy atom. The van der Waals surface area contributed by atoms with Crippen molar-refractivity contribution in [2.75, 3.05) is 0 Å². The van der Waals surface area contributed by atoms with E-state index in [0.29, 0.717) is 5.02 Å². The molecule has 18 heavy (non-hydrogen) atoms. The number of nitrogens with one attached hydrogen (secondary N) is 1. The SMILES string of the molecule is Cc1nc(CC(NN)c2cc(Cl)cc(Br)c2)cs1. The van der Waals surface area contributed by atoms with Gasteiger partial charge < -0.3 is 0 Å². The minimum atomic E-state index is 0.00139. The molecule has 96 valence electrons. The number of halogens is 2. The maximum absolute atomic E-state index is 6.05. The maximum atomic E-state index is 6.05. The third-order valence-electron chi connectivity index (χ3n) is 2.57. The number of hydrogen-bond acceptors (Lipinski definition) is 4. The van der Waals surface area contributed by atoms with Gasteiger partial charge in [-0.3, -0.25) is 11.3 Å². The lowest BCUT2D eigenvalue weighted by molar-refractivity contribution is 0.546. The van der Waals surface area contributed by atoms with Crippen LogP contribution in [0.2, 0.25) is 5.02 Å². The van der Waals surface area contributed by atoms with Gasteiger partial charge in [-0.05, 0) is 30.7 Å². The third kappa shape index (κ3) is 3.52. The molecular weight excluding hydrogens is 334 g/mol. The Labute approximate surface area is 123 Å². The van der Waals surface area contributed by atoms with Crippen LogP contribution in [0.1, 0.15) is 22.3 Å². The van der Waals surface area contributed by atoms with E-state index in [-0.39, 0.29) is 6.04 Å². The van der Waals surface area contributed by atoms with Crippen LogP contribution in [-0.2, 0) is 6.42 Å². The van der Waals surface area contributed by atoms with Crippen molar-refractivity contribution in [3.8, 4) is 0 Å². The van der Waals surface area contributed by atoms with E-state index in [9.17, 15) is 0 Å². The Hall–Kier alpha value is -0.460. The van der Waals surface area contributed by atoms with Gasteiger partial charge in [-0.15, -0.1) is 11.3 Å². The average Bonchev–Trinajstić information content (AvgIpc) is 2.70. The highest BCUT2D eigenvalue weighted by Crippen LogP contribution is 2.26. The van der Waals surface area contributed by atoms with Crippen molar-refractivity contribution in [1.29, 1.82) is 0 Å². The fourth-order valence-corrected chi connectivity index (χ4v) is 3.27. The van der Waals surface area contributed by atoms with Crippen LogP contribution in [-0.4, -0.2) is 4.98 Å². The maximum Gasteiger partial charge on any atom is 0.0897 e. The lowest BCUT2D eigenvalue weighted by Crippen LogP contribution is -2.29. The Balaban J connectivity index is 2.22. The smallest absolute Gasteiger partial charge is 0.0897 e. The predicted molar refractivity (Wildman–Crippen MR) is 79.8 cm³/mol. The topological polar surface area (TPSA) is 50.9 Å². The second-order valence-corrected chi connectivity index (χ2v) is 6.40. The number of aryl methyl sites for hydroxylation is 1. The molecule has 0 amide bonds. The molecule has 2 rings (SSSR count). The van der Waals surface area contributed by atoms with Crippen molar-refractivity contribution in [3.05, 3.63) is 49.3 Å². The first-order valence-electron chi connectivity index (χ1n) is 5.41. The number of hydrogen-bond donors (Lipinski definition) is 2. The average molecular weight is 347 g/mol. The lowest BCUT2D eigenvalue weighted by Gasteiger charge is -2.16. The number of nitrogens with two attached hydrogens (primary N) is 1. The summed E-state index contributed by atoms with van der Waals surface area (Å²) in [5.41, 5.74) is 4.90. The molecule has 0 spiro atoms. The van der Waals surface area contributed by atoms with E-state index in [4.69, 9.17) is 17.4 Å². The van der Waals surface area contributed by atoms with Gasteiger partial charge in [-0.25, -0.2) is 4.98 Å². The standard InChI is InChI=1S/C12H13BrClN3S/c1-7-16-11(6-18-7)5-12(17-15)8-2-9(13)4-10(14)3-8/h2-4,6,12,17H,5,15H2,1H3. The summed E-state index contributed by atoms with van der Waals surface area (Å²) < 4.78 is 0.944. The highest BCUT2D eigenvalue weighted by molar-refractivity contribution is 9.10. The van der Waals surface area contributed by atoms with E-state index in [1.807, 2.05) is 25.1 Å². The van der Waals surface area contributed by atoms with Crippen molar-refractivity contribution in [2.24, 2.45) is 5.84 Å². The van der Waals surface area contributed by atoms with Gasteiger partial charge in [0.05, 0.1) is 16.7 Å². The molecule has 0 radical (unpaired) electrons. The summed E-state index contributed by atoms with van der Waals surface area (Å²) in [6.07, 6.45) is 0.744. The molecule has 0 aliphatic rings. The second-order valence-electron chi connectivity index (χ2n) is 3.98. The molecule has 1 aromatic heterocycles. The first-order valence-corrected chi connectivity index (χ1v) is 7.46. The van der Waals surface area contributed by atoms with Gasteiger partial charge in [0.25, 0.3) is 0 Å². The number of rotatable bonds is 4. The largest absolute Gasteiger partial charge is 0.271 e. The molecular formula is C12H13BrClN3S.